The molecule has 1 aliphatic heterocycles. The monoisotopic (exact) mass is 334 g/mol. The van der Waals surface area contributed by atoms with Crippen molar-refractivity contribution in [1.29, 1.82) is 0 Å². The van der Waals surface area contributed by atoms with Gasteiger partial charge in [0.05, 0.1) is 0 Å². The summed E-state index contributed by atoms with van der Waals surface area (Å²) in [5, 5.41) is 9.76. The molecule has 1 aliphatic rings. The fourth-order valence-electron chi connectivity index (χ4n) is 2.25. The maximum atomic E-state index is 12.1. The number of carbonyl (C=O) groups excluding carboxylic acids is 2. The first-order valence-corrected chi connectivity index (χ1v) is 8.61. The molecule has 22 heavy (non-hydrogen) atoms. The minimum absolute atomic E-state index is 0.0478. The Labute approximate surface area is 136 Å². The molecule has 0 aliphatic carbocycles. The number of nitrogens with zero attached hydrogens (tertiary/aromatic N) is 4. The van der Waals surface area contributed by atoms with Gasteiger partial charge in [0.2, 0.25) is 11.0 Å². The van der Waals surface area contributed by atoms with Gasteiger partial charge in [-0.1, -0.05) is 23.1 Å². The van der Waals surface area contributed by atoms with Gasteiger partial charge in [0.1, 0.15) is 5.01 Å². The second-order valence-electron chi connectivity index (χ2n) is 5.00. The van der Waals surface area contributed by atoms with Crippen LogP contribution in [0.15, 0.2) is 24.5 Å². The van der Waals surface area contributed by atoms with Gasteiger partial charge in [-0.3, -0.25) is 19.5 Å². The first-order chi connectivity index (χ1) is 10.6. The molecule has 1 fully saturated rings. The molecule has 1 atom stereocenters. The molecule has 6 nitrogen and oxygen atoms in total. The van der Waals surface area contributed by atoms with E-state index in [0.29, 0.717) is 23.8 Å². The molecule has 114 valence electrons. The minimum atomic E-state index is 0.0478. The lowest BCUT2D eigenvalue weighted by Gasteiger charge is -2.11. The standard InChI is InChI=1S/C14H14N4O2S2/c1-9(19)21-8-10-6-12(20)18(7-10)14-17-16-13(22-14)11-2-4-15-5-3-11/h2-5,10H,6-8H2,1H3. The lowest BCUT2D eigenvalue weighted by Crippen LogP contribution is -2.24. The largest absolute Gasteiger partial charge is 0.288 e. The van der Waals surface area contributed by atoms with Crippen LogP contribution in [-0.4, -0.2) is 38.5 Å². The van der Waals surface area contributed by atoms with Gasteiger partial charge in [-0.05, 0) is 18.1 Å². The molecule has 0 bridgehead atoms. The Balaban J connectivity index is 1.71. The van der Waals surface area contributed by atoms with Gasteiger partial charge in [0.15, 0.2) is 5.12 Å². The van der Waals surface area contributed by atoms with Gasteiger partial charge in [0.25, 0.3) is 0 Å². The van der Waals surface area contributed by atoms with Gasteiger partial charge >= 0.3 is 0 Å². The number of carbonyl (C=O) groups is 2. The summed E-state index contributed by atoms with van der Waals surface area (Å²) < 4.78 is 0. The van der Waals surface area contributed by atoms with Crippen molar-refractivity contribution in [2.75, 3.05) is 17.2 Å². The van der Waals surface area contributed by atoms with Crippen LogP contribution in [0, 0.1) is 5.92 Å². The summed E-state index contributed by atoms with van der Waals surface area (Å²) in [6, 6.07) is 3.73. The molecule has 2 aromatic heterocycles. The summed E-state index contributed by atoms with van der Waals surface area (Å²) in [5.74, 6) is 0.911. The van der Waals surface area contributed by atoms with Gasteiger partial charge in [-0.15, -0.1) is 10.2 Å². The van der Waals surface area contributed by atoms with Crippen LogP contribution < -0.4 is 4.90 Å². The van der Waals surface area contributed by atoms with Crippen molar-refractivity contribution in [3.63, 3.8) is 0 Å². The number of aromatic nitrogens is 3. The summed E-state index contributed by atoms with van der Waals surface area (Å²) in [4.78, 5) is 28.8. The lowest BCUT2D eigenvalue weighted by atomic mass is 10.1. The number of amides is 1. The molecule has 0 radical (unpaired) electrons. The van der Waals surface area contributed by atoms with E-state index in [0.717, 1.165) is 10.6 Å². The summed E-state index contributed by atoms with van der Waals surface area (Å²) in [5.41, 5.74) is 0.939. The van der Waals surface area contributed by atoms with E-state index in [1.165, 1.54) is 23.1 Å². The van der Waals surface area contributed by atoms with Crippen LogP contribution in [0.3, 0.4) is 0 Å². The van der Waals surface area contributed by atoms with E-state index in [1.807, 2.05) is 12.1 Å². The molecule has 0 spiro atoms. The summed E-state index contributed by atoms with van der Waals surface area (Å²) >= 11 is 2.67. The molecule has 1 unspecified atom stereocenters. The molecule has 1 saturated heterocycles. The second kappa shape index (κ2) is 6.53. The first kappa shape index (κ1) is 15.1. The zero-order valence-corrected chi connectivity index (χ0v) is 13.6. The van der Waals surface area contributed by atoms with Gasteiger partial charge in [-0.25, -0.2) is 0 Å². The molecule has 3 rings (SSSR count). The van der Waals surface area contributed by atoms with Crippen LogP contribution in [-0.2, 0) is 9.59 Å². The van der Waals surface area contributed by atoms with Crippen LogP contribution in [0.1, 0.15) is 13.3 Å². The predicted molar refractivity (Wildman–Crippen MR) is 86.7 cm³/mol. The highest BCUT2D eigenvalue weighted by atomic mass is 32.2. The van der Waals surface area contributed by atoms with Crippen molar-refractivity contribution in [2.24, 2.45) is 5.92 Å². The van der Waals surface area contributed by atoms with Crippen molar-refractivity contribution in [2.45, 2.75) is 13.3 Å². The Morgan fingerprint density at radius 3 is 2.91 bits per heavy atom. The van der Waals surface area contributed by atoms with Crippen molar-refractivity contribution in [1.82, 2.24) is 15.2 Å². The number of hydrogen-bond donors (Lipinski definition) is 0. The normalized spacial score (nSPS) is 18.0. The molecule has 0 saturated carbocycles. The molecule has 1 amide bonds. The van der Waals surface area contributed by atoms with E-state index in [4.69, 9.17) is 0 Å². The van der Waals surface area contributed by atoms with E-state index in [2.05, 4.69) is 15.2 Å². The molecule has 0 N–H and O–H groups in total. The maximum absolute atomic E-state index is 12.1. The first-order valence-electron chi connectivity index (χ1n) is 6.81. The lowest BCUT2D eigenvalue weighted by molar-refractivity contribution is -0.117. The van der Waals surface area contributed by atoms with E-state index in [-0.39, 0.29) is 16.9 Å². The van der Waals surface area contributed by atoms with E-state index >= 15 is 0 Å². The zero-order valence-electron chi connectivity index (χ0n) is 11.9. The van der Waals surface area contributed by atoms with Gasteiger partial charge in [-0.2, -0.15) is 0 Å². The molecule has 0 aromatic carbocycles. The topological polar surface area (TPSA) is 76.1 Å². The number of anilines is 1. The van der Waals surface area contributed by atoms with Crippen molar-refractivity contribution < 1.29 is 9.59 Å². The number of thioether (sulfide) groups is 1. The Hall–Kier alpha value is -1.80. The fourth-order valence-corrected chi connectivity index (χ4v) is 3.82. The maximum Gasteiger partial charge on any atom is 0.229 e. The van der Waals surface area contributed by atoms with Crippen LogP contribution in [0.25, 0.3) is 10.6 Å². The van der Waals surface area contributed by atoms with Crippen LogP contribution in [0.5, 0.6) is 0 Å². The van der Waals surface area contributed by atoms with Crippen LogP contribution >= 0.6 is 23.1 Å². The highest BCUT2D eigenvalue weighted by molar-refractivity contribution is 8.13. The third kappa shape index (κ3) is 3.33. The summed E-state index contributed by atoms with van der Waals surface area (Å²) in [7, 11) is 0. The summed E-state index contributed by atoms with van der Waals surface area (Å²) in [6.45, 7) is 2.15. The minimum Gasteiger partial charge on any atom is -0.288 e. The van der Waals surface area contributed by atoms with E-state index in [9.17, 15) is 9.59 Å². The number of hydrogen-bond acceptors (Lipinski definition) is 7. The van der Waals surface area contributed by atoms with Crippen LogP contribution in [0.2, 0.25) is 0 Å². The van der Waals surface area contributed by atoms with E-state index < -0.39 is 0 Å². The Bertz CT molecular complexity index is 689. The predicted octanol–water partition coefficient (Wildman–Crippen LogP) is 2.23. The summed E-state index contributed by atoms with van der Waals surface area (Å²) in [6.07, 6.45) is 3.86. The van der Waals surface area contributed by atoms with Crippen molar-refractivity contribution in [3.8, 4) is 10.6 Å². The molecular weight excluding hydrogens is 320 g/mol. The average Bonchev–Trinajstić information content (AvgIpc) is 3.12. The van der Waals surface area contributed by atoms with Gasteiger partial charge < -0.3 is 0 Å². The van der Waals surface area contributed by atoms with Gasteiger partial charge in [0, 0.05) is 43.6 Å². The fraction of sp³-hybridized carbons (Fsp3) is 0.357. The molecular formula is C14H14N4O2S2. The quantitative estimate of drug-likeness (QED) is 0.853. The Kier molecular flexibility index (Phi) is 4.49. The Morgan fingerprint density at radius 1 is 1.41 bits per heavy atom. The number of pyridine rings is 1. The molecule has 8 heteroatoms. The second-order valence-corrected chi connectivity index (χ2v) is 7.16. The van der Waals surface area contributed by atoms with Crippen molar-refractivity contribution in [3.05, 3.63) is 24.5 Å². The molecule has 3 heterocycles. The SMILES string of the molecule is CC(=O)SCC1CC(=O)N(c2nnc(-c3ccncc3)s2)C1. The third-order valence-electron chi connectivity index (χ3n) is 3.30. The molecule has 2 aromatic rings. The van der Waals surface area contributed by atoms with Crippen molar-refractivity contribution >= 4 is 39.3 Å². The Morgan fingerprint density at radius 2 is 2.18 bits per heavy atom. The van der Waals surface area contributed by atoms with Crippen LogP contribution in [0.4, 0.5) is 5.13 Å². The highest BCUT2D eigenvalue weighted by Crippen LogP contribution is 2.32. The van der Waals surface area contributed by atoms with E-state index in [1.54, 1.807) is 24.2 Å². The average molecular weight is 334 g/mol. The highest BCUT2D eigenvalue weighted by Gasteiger charge is 2.32. The zero-order chi connectivity index (χ0) is 15.5. The smallest absolute Gasteiger partial charge is 0.229 e. The number of rotatable bonds is 4. The third-order valence-corrected chi connectivity index (χ3v) is 5.34.